The Labute approximate surface area is 198 Å². The van der Waals surface area contributed by atoms with Gasteiger partial charge in [-0.15, -0.1) is 0 Å². The van der Waals surface area contributed by atoms with E-state index in [1.165, 1.54) is 29.0 Å². The van der Waals surface area contributed by atoms with Crippen molar-refractivity contribution in [1.82, 2.24) is 15.1 Å². The number of urea groups is 1. The molecule has 8 heteroatoms. The van der Waals surface area contributed by atoms with Gasteiger partial charge < -0.3 is 10.2 Å². The van der Waals surface area contributed by atoms with Crippen molar-refractivity contribution in [3.63, 3.8) is 0 Å². The van der Waals surface area contributed by atoms with Crippen LogP contribution in [0.2, 0.25) is 0 Å². The Balaban J connectivity index is 1.24. The average Bonchev–Trinajstić information content (AvgIpc) is 3.38. The summed E-state index contributed by atoms with van der Waals surface area (Å²) in [7, 11) is 0. The van der Waals surface area contributed by atoms with Gasteiger partial charge in [0, 0.05) is 31.7 Å². The molecule has 34 heavy (non-hydrogen) atoms. The molecular formula is C26H29FN4O3. The highest BCUT2D eigenvalue weighted by molar-refractivity contribution is 6.07. The predicted octanol–water partition coefficient (Wildman–Crippen LogP) is 3.06. The molecule has 7 nitrogen and oxygen atoms in total. The number of rotatable bonds is 5. The van der Waals surface area contributed by atoms with Gasteiger partial charge in [-0.25, -0.2) is 14.1 Å². The second-order valence-corrected chi connectivity index (χ2v) is 9.59. The number of piperazine rings is 1. The molecule has 2 aromatic rings. The van der Waals surface area contributed by atoms with Gasteiger partial charge >= 0.3 is 6.03 Å². The van der Waals surface area contributed by atoms with Gasteiger partial charge in [-0.3, -0.25) is 14.5 Å². The maximum absolute atomic E-state index is 14.5. The zero-order valence-electron chi connectivity index (χ0n) is 19.6. The van der Waals surface area contributed by atoms with Crippen LogP contribution >= 0.6 is 0 Å². The van der Waals surface area contributed by atoms with Crippen LogP contribution in [-0.4, -0.2) is 60.4 Å². The van der Waals surface area contributed by atoms with Gasteiger partial charge in [-0.1, -0.05) is 18.2 Å². The number of hydrogen-bond donors (Lipinski definition) is 1. The van der Waals surface area contributed by atoms with Crippen LogP contribution in [0.5, 0.6) is 0 Å². The fourth-order valence-electron chi connectivity index (χ4n) is 5.22. The van der Waals surface area contributed by atoms with Crippen molar-refractivity contribution in [2.24, 2.45) is 0 Å². The van der Waals surface area contributed by atoms with E-state index in [1.54, 1.807) is 19.1 Å². The standard InChI is InChI=1S/C26H29FN4O3/c1-17(32)19-7-9-23(22(27)15-19)30-12-10-29(11-13-30)16-31-24(33)26(2,28-25(31)34)21-8-6-18-4-3-5-20(18)14-21/h6-9,14-15H,3-5,10-13,16H2,1-2H3,(H,28,34)/t26-/m1/s1. The first-order valence-corrected chi connectivity index (χ1v) is 11.8. The summed E-state index contributed by atoms with van der Waals surface area (Å²) in [5.74, 6) is -0.834. The molecule has 2 saturated heterocycles. The number of halogens is 1. The maximum atomic E-state index is 14.5. The number of benzene rings is 2. The molecule has 2 heterocycles. The van der Waals surface area contributed by atoms with E-state index >= 15 is 0 Å². The van der Waals surface area contributed by atoms with Gasteiger partial charge in [0.2, 0.25) is 0 Å². The molecule has 1 N–H and O–H groups in total. The van der Waals surface area contributed by atoms with E-state index in [1.807, 2.05) is 15.9 Å². The van der Waals surface area contributed by atoms with Crippen LogP contribution in [0.3, 0.4) is 0 Å². The van der Waals surface area contributed by atoms with Crippen molar-refractivity contribution in [3.8, 4) is 0 Å². The Morgan fingerprint density at radius 3 is 2.47 bits per heavy atom. The number of fused-ring (bicyclic) bond motifs is 1. The first kappa shape index (κ1) is 22.5. The fourth-order valence-corrected chi connectivity index (χ4v) is 5.22. The van der Waals surface area contributed by atoms with Gasteiger partial charge in [0.05, 0.1) is 12.4 Å². The van der Waals surface area contributed by atoms with E-state index in [2.05, 4.69) is 17.4 Å². The number of carbonyl (C=O) groups excluding carboxylic acids is 3. The smallest absolute Gasteiger partial charge is 0.326 e. The van der Waals surface area contributed by atoms with Gasteiger partial charge in [0.25, 0.3) is 5.91 Å². The number of imide groups is 1. The average molecular weight is 465 g/mol. The Kier molecular flexibility index (Phi) is 5.64. The first-order valence-electron chi connectivity index (χ1n) is 11.8. The predicted molar refractivity (Wildman–Crippen MR) is 126 cm³/mol. The van der Waals surface area contributed by atoms with E-state index in [4.69, 9.17) is 0 Å². The molecule has 0 saturated carbocycles. The minimum atomic E-state index is -1.07. The third-order valence-corrected chi connectivity index (χ3v) is 7.36. The highest BCUT2D eigenvalue weighted by Crippen LogP contribution is 2.33. The number of ketones is 1. The van der Waals surface area contributed by atoms with Gasteiger partial charge in [-0.2, -0.15) is 0 Å². The summed E-state index contributed by atoms with van der Waals surface area (Å²) in [6.07, 6.45) is 3.20. The van der Waals surface area contributed by atoms with E-state index in [-0.39, 0.29) is 24.4 Å². The lowest BCUT2D eigenvalue weighted by molar-refractivity contribution is -0.132. The van der Waals surface area contributed by atoms with Gasteiger partial charge in [0.1, 0.15) is 11.4 Å². The Morgan fingerprint density at radius 2 is 1.76 bits per heavy atom. The van der Waals surface area contributed by atoms with Crippen molar-refractivity contribution < 1.29 is 18.8 Å². The molecule has 5 rings (SSSR count). The molecule has 0 spiro atoms. The molecule has 3 aliphatic rings. The first-order chi connectivity index (χ1) is 16.3. The number of nitrogens with zero attached hydrogens (tertiary/aromatic N) is 3. The molecule has 3 amide bonds. The number of aryl methyl sites for hydroxylation is 2. The van der Waals surface area contributed by atoms with Crippen LogP contribution in [0.4, 0.5) is 14.9 Å². The maximum Gasteiger partial charge on any atom is 0.326 e. The summed E-state index contributed by atoms with van der Waals surface area (Å²) in [4.78, 5) is 42.9. The Bertz CT molecular complexity index is 1170. The molecule has 0 bridgehead atoms. The molecule has 2 fully saturated rings. The zero-order chi connectivity index (χ0) is 24.0. The SMILES string of the molecule is CC(=O)c1ccc(N2CCN(CN3C(=O)N[C@](C)(c4ccc5c(c4)CCC5)C3=O)CC2)c(F)c1. The van der Waals surface area contributed by atoms with Crippen molar-refractivity contribution in [2.45, 2.75) is 38.6 Å². The number of Topliss-reactive ketones (excluding diaryl/α,β-unsaturated/α-hetero) is 1. The molecule has 1 aliphatic carbocycles. The quantitative estimate of drug-likeness (QED) is 0.544. The minimum absolute atomic E-state index is 0.171. The fraction of sp³-hybridized carbons (Fsp3) is 0.423. The van der Waals surface area contributed by atoms with E-state index in [9.17, 15) is 18.8 Å². The van der Waals surface area contributed by atoms with E-state index in [0.717, 1.165) is 24.8 Å². The van der Waals surface area contributed by atoms with Crippen LogP contribution in [0.1, 0.15) is 47.3 Å². The third kappa shape index (κ3) is 3.86. The normalized spacial score (nSPS) is 22.8. The molecule has 178 valence electrons. The molecule has 2 aromatic carbocycles. The summed E-state index contributed by atoms with van der Waals surface area (Å²) < 4.78 is 14.5. The van der Waals surface area contributed by atoms with Crippen LogP contribution in [0, 0.1) is 5.82 Å². The Hall–Kier alpha value is -3.26. The Morgan fingerprint density at radius 1 is 1.03 bits per heavy atom. The highest BCUT2D eigenvalue weighted by Gasteiger charge is 2.49. The summed E-state index contributed by atoms with van der Waals surface area (Å²) in [5, 5.41) is 2.91. The summed E-state index contributed by atoms with van der Waals surface area (Å²) in [6.45, 7) is 5.67. The lowest BCUT2D eigenvalue weighted by Gasteiger charge is -2.37. The van der Waals surface area contributed by atoms with E-state index < -0.39 is 11.4 Å². The van der Waals surface area contributed by atoms with Crippen LogP contribution in [-0.2, 0) is 23.2 Å². The van der Waals surface area contributed by atoms with Crippen molar-refractivity contribution in [1.29, 1.82) is 0 Å². The summed E-state index contributed by atoms with van der Waals surface area (Å²) >= 11 is 0. The minimum Gasteiger partial charge on any atom is -0.367 e. The summed E-state index contributed by atoms with van der Waals surface area (Å²) in [6, 6.07) is 10.3. The molecular weight excluding hydrogens is 435 g/mol. The lowest BCUT2D eigenvalue weighted by atomic mass is 9.90. The van der Waals surface area contributed by atoms with Crippen LogP contribution in [0.25, 0.3) is 0 Å². The largest absolute Gasteiger partial charge is 0.367 e. The van der Waals surface area contributed by atoms with Crippen molar-refractivity contribution in [3.05, 3.63) is 64.5 Å². The topological polar surface area (TPSA) is 73.0 Å². The van der Waals surface area contributed by atoms with Gasteiger partial charge in [-0.05, 0) is 68.0 Å². The molecule has 0 unspecified atom stereocenters. The number of amides is 3. The second-order valence-electron chi connectivity index (χ2n) is 9.59. The number of nitrogens with one attached hydrogen (secondary N) is 1. The van der Waals surface area contributed by atoms with Crippen molar-refractivity contribution >= 4 is 23.4 Å². The van der Waals surface area contributed by atoms with E-state index in [0.29, 0.717) is 37.4 Å². The number of carbonyl (C=O) groups is 3. The third-order valence-electron chi connectivity index (χ3n) is 7.36. The van der Waals surface area contributed by atoms with Gasteiger partial charge in [0.15, 0.2) is 5.78 Å². The van der Waals surface area contributed by atoms with Crippen LogP contribution in [0.15, 0.2) is 36.4 Å². The summed E-state index contributed by atoms with van der Waals surface area (Å²) in [5.41, 5.74) is 3.15. The highest BCUT2D eigenvalue weighted by atomic mass is 19.1. The molecule has 0 radical (unpaired) electrons. The van der Waals surface area contributed by atoms with Crippen LogP contribution < -0.4 is 10.2 Å². The molecule has 0 aromatic heterocycles. The lowest BCUT2D eigenvalue weighted by Crippen LogP contribution is -2.51. The second kappa shape index (κ2) is 8.51. The zero-order valence-corrected chi connectivity index (χ0v) is 19.6. The molecule has 2 aliphatic heterocycles. The molecule has 1 atom stereocenters. The monoisotopic (exact) mass is 464 g/mol. The number of hydrogen-bond acceptors (Lipinski definition) is 5. The van der Waals surface area contributed by atoms with Crippen molar-refractivity contribution in [2.75, 3.05) is 37.7 Å². The number of anilines is 1.